The summed E-state index contributed by atoms with van der Waals surface area (Å²) in [4.78, 5) is 18.0. The third kappa shape index (κ3) is 5.36. The highest BCUT2D eigenvalue weighted by Gasteiger charge is 2.27. The second-order valence-corrected chi connectivity index (χ2v) is 7.44. The Morgan fingerprint density at radius 3 is 3.04 bits per heavy atom. The van der Waals surface area contributed by atoms with Gasteiger partial charge in [0.15, 0.2) is 0 Å². The first-order valence-corrected chi connectivity index (χ1v) is 9.38. The van der Waals surface area contributed by atoms with Crippen molar-refractivity contribution in [3.63, 3.8) is 0 Å². The van der Waals surface area contributed by atoms with Crippen molar-refractivity contribution in [3.8, 4) is 5.88 Å². The molecule has 2 amide bonds. The van der Waals surface area contributed by atoms with Crippen LogP contribution in [-0.2, 0) is 14.6 Å². The van der Waals surface area contributed by atoms with E-state index in [-0.39, 0.29) is 18.3 Å². The molecule has 23 heavy (non-hydrogen) atoms. The highest BCUT2D eigenvalue weighted by Crippen LogP contribution is 2.21. The molecule has 0 bridgehead atoms. The number of hydrogen-bond acceptors (Lipinski definition) is 6. The molecule has 0 aliphatic carbocycles. The van der Waals surface area contributed by atoms with E-state index in [2.05, 4.69) is 10.3 Å². The molecule has 1 atom stereocenters. The van der Waals surface area contributed by atoms with Crippen LogP contribution in [0.3, 0.4) is 0 Å². The van der Waals surface area contributed by atoms with Crippen LogP contribution < -0.4 is 10.1 Å². The summed E-state index contributed by atoms with van der Waals surface area (Å²) in [5.74, 6) is 0.248. The van der Waals surface area contributed by atoms with Crippen molar-refractivity contribution in [1.82, 2.24) is 9.88 Å². The SMILES string of the molecule is CCOc1ncccc1NC(=O)N1CCOC(CS(C)(=O)=O)C1. The number of urea groups is 1. The molecule has 0 spiro atoms. The van der Waals surface area contributed by atoms with Gasteiger partial charge >= 0.3 is 6.03 Å². The number of anilines is 1. The summed E-state index contributed by atoms with van der Waals surface area (Å²) in [5.41, 5.74) is 0.477. The molecule has 1 fully saturated rings. The lowest BCUT2D eigenvalue weighted by Crippen LogP contribution is -2.49. The molecule has 8 nitrogen and oxygen atoms in total. The van der Waals surface area contributed by atoms with Crippen molar-refractivity contribution >= 4 is 21.6 Å². The van der Waals surface area contributed by atoms with Gasteiger partial charge in [0.25, 0.3) is 0 Å². The topological polar surface area (TPSA) is 97.8 Å². The maximum atomic E-state index is 12.4. The second-order valence-electron chi connectivity index (χ2n) is 5.25. The average molecular weight is 343 g/mol. The number of amides is 2. The molecule has 128 valence electrons. The summed E-state index contributed by atoms with van der Waals surface area (Å²) in [6.45, 7) is 3.20. The van der Waals surface area contributed by atoms with Crippen LogP contribution in [0.2, 0.25) is 0 Å². The Bertz CT molecular complexity index is 650. The van der Waals surface area contributed by atoms with E-state index in [1.54, 1.807) is 18.3 Å². The van der Waals surface area contributed by atoms with E-state index in [1.165, 1.54) is 4.90 Å². The summed E-state index contributed by atoms with van der Waals surface area (Å²) >= 11 is 0. The zero-order chi connectivity index (χ0) is 16.9. The van der Waals surface area contributed by atoms with Gasteiger partial charge < -0.3 is 19.7 Å². The van der Waals surface area contributed by atoms with Crippen LogP contribution in [0.25, 0.3) is 0 Å². The van der Waals surface area contributed by atoms with Crippen LogP contribution in [0.5, 0.6) is 5.88 Å². The number of nitrogens with one attached hydrogen (secondary N) is 1. The van der Waals surface area contributed by atoms with Crippen molar-refractivity contribution in [1.29, 1.82) is 0 Å². The van der Waals surface area contributed by atoms with Gasteiger partial charge in [0.1, 0.15) is 15.5 Å². The van der Waals surface area contributed by atoms with Gasteiger partial charge in [-0.3, -0.25) is 0 Å². The van der Waals surface area contributed by atoms with Crippen LogP contribution >= 0.6 is 0 Å². The number of ether oxygens (including phenoxy) is 2. The Morgan fingerprint density at radius 1 is 1.57 bits per heavy atom. The molecular weight excluding hydrogens is 322 g/mol. The first kappa shape index (κ1) is 17.5. The number of sulfone groups is 1. The molecular formula is C14H21N3O5S. The molecule has 0 saturated carbocycles. The van der Waals surface area contributed by atoms with Crippen LogP contribution in [0.1, 0.15) is 6.92 Å². The van der Waals surface area contributed by atoms with E-state index in [0.717, 1.165) is 6.26 Å². The average Bonchev–Trinajstić information content (AvgIpc) is 2.48. The fourth-order valence-electron chi connectivity index (χ4n) is 2.27. The van der Waals surface area contributed by atoms with E-state index < -0.39 is 15.9 Å². The number of hydrogen-bond donors (Lipinski definition) is 1. The van der Waals surface area contributed by atoms with Gasteiger partial charge in [-0.25, -0.2) is 18.2 Å². The second kappa shape index (κ2) is 7.60. The first-order valence-electron chi connectivity index (χ1n) is 7.32. The summed E-state index contributed by atoms with van der Waals surface area (Å²) < 4.78 is 33.5. The molecule has 1 aliphatic heterocycles. The highest BCUT2D eigenvalue weighted by molar-refractivity contribution is 7.90. The lowest BCUT2D eigenvalue weighted by Gasteiger charge is -2.32. The monoisotopic (exact) mass is 343 g/mol. The molecule has 1 aliphatic rings. The predicted molar refractivity (Wildman–Crippen MR) is 85.4 cm³/mol. The Morgan fingerprint density at radius 2 is 2.35 bits per heavy atom. The number of pyridine rings is 1. The Hall–Kier alpha value is -1.87. The molecule has 0 radical (unpaired) electrons. The molecule has 1 unspecified atom stereocenters. The van der Waals surface area contributed by atoms with Crippen molar-refractivity contribution in [2.24, 2.45) is 0 Å². The van der Waals surface area contributed by atoms with Crippen molar-refractivity contribution in [2.45, 2.75) is 13.0 Å². The summed E-state index contributed by atoms with van der Waals surface area (Å²) in [6, 6.07) is 3.06. The van der Waals surface area contributed by atoms with Crippen molar-refractivity contribution < 1.29 is 22.7 Å². The molecule has 1 aromatic rings. The van der Waals surface area contributed by atoms with Gasteiger partial charge in [-0.2, -0.15) is 0 Å². The molecule has 1 N–H and O–H groups in total. The Labute approximate surface area is 135 Å². The van der Waals surface area contributed by atoms with E-state index in [1.807, 2.05) is 6.92 Å². The maximum absolute atomic E-state index is 12.4. The molecule has 1 aromatic heterocycles. The number of rotatable bonds is 5. The maximum Gasteiger partial charge on any atom is 0.322 e. The van der Waals surface area contributed by atoms with Gasteiger partial charge in [-0.05, 0) is 19.1 Å². The van der Waals surface area contributed by atoms with Crippen molar-refractivity contribution in [3.05, 3.63) is 18.3 Å². The lowest BCUT2D eigenvalue weighted by molar-refractivity contribution is 0.000452. The standard InChI is InChI=1S/C14H21N3O5S/c1-3-21-13-12(5-4-6-15-13)16-14(18)17-7-8-22-11(9-17)10-23(2,19)20/h4-6,11H,3,7-10H2,1-2H3,(H,16,18). The number of nitrogens with zero attached hydrogens (tertiary/aromatic N) is 2. The zero-order valence-electron chi connectivity index (χ0n) is 13.2. The minimum Gasteiger partial charge on any atom is -0.476 e. The fourth-order valence-corrected chi connectivity index (χ4v) is 3.15. The fraction of sp³-hybridized carbons (Fsp3) is 0.571. The normalized spacial score (nSPS) is 18.5. The molecule has 0 aromatic carbocycles. The summed E-state index contributed by atoms with van der Waals surface area (Å²) in [6.07, 6.45) is 2.22. The molecule has 2 heterocycles. The number of carbonyl (C=O) groups excluding carboxylic acids is 1. The Kier molecular flexibility index (Phi) is 5.78. The minimum atomic E-state index is -3.16. The van der Waals surface area contributed by atoms with Gasteiger partial charge in [0, 0.05) is 25.5 Å². The smallest absolute Gasteiger partial charge is 0.322 e. The van der Waals surface area contributed by atoms with Gasteiger partial charge in [-0.15, -0.1) is 0 Å². The predicted octanol–water partition coefficient (Wildman–Crippen LogP) is 0.758. The van der Waals surface area contributed by atoms with Crippen LogP contribution in [0.4, 0.5) is 10.5 Å². The third-order valence-electron chi connectivity index (χ3n) is 3.21. The lowest BCUT2D eigenvalue weighted by atomic mass is 10.3. The van der Waals surface area contributed by atoms with Crippen molar-refractivity contribution in [2.75, 3.05) is 43.6 Å². The van der Waals surface area contributed by atoms with E-state index >= 15 is 0 Å². The van der Waals surface area contributed by atoms with Gasteiger partial charge in [-0.1, -0.05) is 0 Å². The van der Waals surface area contributed by atoms with Crippen LogP contribution in [0.15, 0.2) is 18.3 Å². The first-order chi connectivity index (χ1) is 10.9. The zero-order valence-corrected chi connectivity index (χ0v) is 14.0. The Balaban J connectivity index is 2.00. The number of aromatic nitrogens is 1. The molecule has 9 heteroatoms. The van der Waals surface area contributed by atoms with Crippen LogP contribution in [0, 0.1) is 0 Å². The third-order valence-corrected chi connectivity index (χ3v) is 4.19. The van der Waals surface area contributed by atoms with E-state index in [9.17, 15) is 13.2 Å². The number of carbonyl (C=O) groups is 1. The van der Waals surface area contributed by atoms with E-state index in [0.29, 0.717) is 31.3 Å². The largest absolute Gasteiger partial charge is 0.476 e. The molecule has 1 saturated heterocycles. The quantitative estimate of drug-likeness (QED) is 0.847. The van der Waals surface area contributed by atoms with Gasteiger partial charge in [0.05, 0.1) is 25.1 Å². The van der Waals surface area contributed by atoms with E-state index in [4.69, 9.17) is 9.47 Å². The number of morpholine rings is 1. The van der Waals surface area contributed by atoms with Crippen LogP contribution in [-0.4, -0.2) is 68.7 Å². The van der Waals surface area contributed by atoms with Gasteiger partial charge in [0.2, 0.25) is 5.88 Å². The highest BCUT2D eigenvalue weighted by atomic mass is 32.2. The summed E-state index contributed by atoms with van der Waals surface area (Å²) in [5, 5.41) is 2.74. The minimum absolute atomic E-state index is 0.103. The molecule has 2 rings (SSSR count). The summed E-state index contributed by atoms with van der Waals surface area (Å²) in [7, 11) is -3.16.